The average molecular weight is 835 g/mol. The molecule has 2 N–H and O–H groups in total. The predicted octanol–water partition coefficient (Wildman–Crippen LogP) is 7.38. The first-order valence-corrected chi connectivity index (χ1v) is 18.7. The van der Waals surface area contributed by atoms with Crippen molar-refractivity contribution in [2.24, 2.45) is 0 Å². The van der Waals surface area contributed by atoms with Gasteiger partial charge in [0.15, 0.2) is 23.0 Å². The first kappa shape index (κ1) is 44.7. The smallest absolute Gasteiger partial charge is 0.163 e. The highest BCUT2D eigenvalue weighted by Gasteiger charge is 2.15. The number of fused-ring (bicyclic) bond motifs is 4. The Bertz CT molecular complexity index is 2240. The molecule has 0 saturated carbocycles. The Morgan fingerprint density at radius 1 is 0.450 bits per heavy atom. The van der Waals surface area contributed by atoms with Crippen LogP contribution in [0.5, 0.6) is 23.0 Å². The Labute approximate surface area is 355 Å². The molecule has 15 heteroatoms. The maximum atomic E-state index is 5.91. The van der Waals surface area contributed by atoms with E-state index in [-0.39, 0.29) is 19.8 Å². The van der Waals surface area contributed by atoms with Crippen molar-refractivity contribution in [1.82, 2.24) is 19.9 Å². The number of rotatable bonds is 4. The van der Waals surface area contributed by atoms with Gasteiger partial charge in [-0.15, -0.1) is 25.3 Å². The SMILES string of the molecule is C.C#Cc1cccc(Nc2ncnc3cc4c(cc23)OCCOCCOCCO4)c1.C#Cc1cccc(Nc2ncnc3cc4c(cc23)OCCOCCOCCO4)c1.Cl. The van der Waals surface area contributed by atoms with Crippen LogP contribution in [0.25, 0.3) is 21.8 Å². The highest BCUT2D eigenvalue weighted by atomic mass is 35.5. The van der Waals surface area contributed by atoms with E-state index in [0.717, 1.165) is 44.3 Å². The number of terminal acetylenes is 2. The molecule has 0 saturated heterocycles. The van der Waals surface area contributed by atoms with Gasteiger partial charge in [-0.25, -0.2) is 19.9 Å². The lowest BCUT2D eigenvalue weighted by Gasteiger charge is -2.16. The van der Waals surface area contributed by atoms with Gasteiger partial charge in [-0.3, -0.25) is 0 Å². The summed E-state index contributed by atoms with van der Waals surface area (Å²) in [4.78, 5) is 17.5. The Balaban J connectivity index is 0.000000220. The van der Waals surface area contributed by atoms with Gasteiger partial charge in [0.1, 0.15) is 50.7 Å². The first-order valence-electron chi connectivity index (χ1n) is 18.7. The van der Waals surface area contributed by atoms with Crippen molar-refractivity contribution < 1.29 is 37.9 Å². The molecule has 0 amide bonds. The number of ether oxygens (including phenoxy) is 8. The summed E-state index contributed by atoms with van der Waals surface area (Å²) in [7, 11) is 0. The minimum Gasteiger partial charge on any atom is -0.487 e. The molecule has 4 heterocycles. The van der Waals surface area contributed by atoms with Crippen LogP contribution in [0.2, 0.25) is 0 Å². The van der Waals surface area contributed by atoms with Crippen LogP contribution in [0, 0.1) is 24.7 Å². The van der Waals surface area contributed by atoms with Gasteiger partial charge in [0.05, 0.1) is 63.9 Å². The number of nitrogens with one attached hydrogen (secondary N) is 2. The summed E-state index contributed by atoms with van der Waals surface area (Å²) < 4.78 is 45.5. The molecule has 0 spiro atoms. The lowest BCUT2D eigenvalue weighted by Crippen LogP contribution is -2.15. The number of nitrogens with zero attached hydrogens (tertiary/aromatic N) is 4. The van der Waals surface area contributed by atoms with Gasteiger partial charge in [0, 0.05) is 45.4 Å². The summed E-state index contributed by atoms with van der Waals surface area (Å²) in [5.74, 6) is 9.01. The molecule has 14 nitrogen and oxygen atoms in total. The van der Waals surface area contributed by atoms with E-state index in [9.17, 15) is 0 Å². The molecule has 60 heavy (non-hydrogen) atoms. The summed E-state index contributed by atoms with van der Waals surface area (Å²) >= 11 is 0. The summed E-state index contributed by atoms with van der Waals surface area (Å²) in [6.07, 6.45) is 14.0. The second kappa shape index (κ2) is 23.3. The van der Waals surface area contributed by atoms with E-state index in [2.05, 4.69) is 42.4 Å². The molecule has 0 radical (unpaired) electrons. The molecule has 0 bridgehead atoms. The minimum absolute atomic E-state index is 0. The third-order valence-corrected chi connectivity index (χ3v) is 8.67. The molecule has 4 aromatic carbocycles. The maximum absolute atomic E-state index is 5.91. The van der Waals surface area contributed by atoms with Crippen molar-refractivity contribution in [3.05, 3.63) is 96.6 Å². The molecule has 6 aromatic rings. The number of halogens is 1. The molecular formula is C45H47ClN6O8. The van der Waals surface area contributed by atoms with Crippen LogP contribution in [0.3, 0.4) is 0 Å². The third-order valence-electron chi connectivity index (χ3n) is 8.67. The van der Waals surface area contributed by atoms with Gasteiger partial charge in [-0.05, 0) is 48.5 Å². The normalized spacial score (nSPS) is 14.5. The van der Waals surface area contributed by atoms with Gasteiger partial charge >= 0.3 is 0 Å². The van der Waals surface area contributed by atoms with Gasteiger partial charge in [0.25, 0.3) is 0 Å². The van der Waals surface area contributed by atoms with E-state index in [1.165, 1.54) is 12.7 Å². The molecule has 2 aliphatic rings. The first-order chi connectivity index (χ1) is 28.7. The fourth-order valence-electron chi connectivity index (χ4n) is 5.91. The van der Waals surface area contributed by atoms with Gasteiger partial charge < -0.3 is 48.5 Å². The fourth-order valence-corrected chi connectivity index (χ4v) is 5.91. The van der Waals surface area contributed by atoms with E-state index in [1.54, 1.807) is 0 Å². The van der Waals surface area contributed by atoms with Gasteiger partial charge in [-0.1, -0.05) is 31.4 Å². The van der Waals surface area contributed by atoms with Crippen LogP contribution in [0.4, 0.5) is 23.0 Å². The zero-order valence-electron chi connectivity index (χ0n) is 32.2. The van der Waals surface area contributed by atoms with Crippen LogP contribution >= 0.6 is 12.4 Å². The molecule has 2 aliphatic heterocycles. The van der Waals surface area contributed by atoms with Crippen molar-refractivity contribution in [3.8, 4) is 47.7 Å². The van der Waals surface area contributed by atoms with Crippen LogP contribution in [-0.4, -0.2) is 99.2 Å². The van der Waals surface area contributed by atoms with Crippen molar-refractivity contribution in [2.45, 2.75) is 7.43 Å². The van der Waals surface area contributed by atoms with Crippen LogP contribution in [0.1, 0.15) is 18.6 Å². The quantitative estimate of drug-likeness (QED) is 0.170. The molecule has 0 fully saturated rings. The largest absolute Gasteiger partial charge is 0.487 e. The minimum atomic E-state index is 0. The summed E-state index contributed by atoms with van der Waals surface area (Å²) in [5, 5.41) is 8.24. The predicted molar refractivity (Wildman–Crippen MR) is 234 cm³/mol. The average Bonchev–Trinajstić information content (AvgIpc) is 3.24. The number of anilines is 4. The fraction of sp³-hybridized carbons (Fsp3) is 0.289. The zero-order chi connectivity index (χ0) is 39.8. The molecule has 0 unspecified atom stereocenters. The molecule has 312 valence electrons. The molecule has 2 aromatic heterocycles. The Morgan fingerprint density at radius 2 is 0.800 bits per heavy atom. The Kier molecular flexibility index (Phi) is 17.3. The third kappa shape index (κ3) is 12.3. The lowest BCUT2D eigenvalue weighted by atomic mass is 10.2. The maximum Gasteiger partial charge on any atom is 0.163 e. The summed E-state index contributed by atoms with van der Waals surface area (Å²) in [6.45, 7) is 5.67. The van der Waals surface area contributed by atoms with E-state index >= 15 is 0 Å². The van der Waals surface area contributed by atoms with Crippen molar-refractivity contribution in [2.75, 3.05) is 89.9 Å². The van der Waals surface area contributed by atoms with Crippen LogP contribution in [0.15, 0.2) is 85.5 Å². The van der Waals surface area contributed by atoms with E-state index in [4.69, 9.17) is 50.7 Å². The number of hydrogen-bond donors (Lipinski definition) is 2. The lowest BCUT2D eigenvalue weighted by molar-refractivity contribution is 0.0224. The highest BCUT2D eigenvalue weighted by molar-refractivity contribution is 5.94. The standard InChI is InChI=1S/2C22H21N3O4.CH4.ClH/c2*1-2-16-4-3-5-17(12-16)25-22-18-13-20-21(14-19(18)23-15-24-22)29-11-9-27-7-6-26-8-10-28-20;;/h2*1,3-5,12-15H,6-11H2,(H,23,24,25);1H4;1H. The topological polar surface area (TPSA) is 149 Å². The molecule has 8 rings (SSSR count). The van der Waals surface area contributed by atoms with Crippen molar-refractivity contribution in [1.29, 1.82) is 0 Å². The van der Waals surface area contributed by atoms with E-state index in [0.29, 0.717) is 114 Å². The monoisotopic (exact) mass is 834 g/mol. The molecular weight excluding hydrogens is 788 g/mol. The van der Waals surface area contributed by atoms with Crippen molar-refractivity contribution in [3.63, 3.8) is 0 Å². The van der Waals surface area contributed by atoms with Gasteiger partial charge in [0.2, 0.25) is 0 Å². The zero-order valence-corrected chi connectivity index (χ0v) is 33.0. The van der Waals surface area contributed by atoms with E-state index < -0.39 is 0 Å². The van der Waals surface area contributed by atoms with E-state index in [1.807, 2.05) is 72.8 Å². The number of hydrogen-bond acceptors (Lipinski definition) is 14. The second-order valence-electron chi connectivity index (χ2n) is 12.6. The van der Waals surface area contributed by atoms with Crippen molar-refractivity contribution >= 4 is 57.2 Å². The van der Waals surface area contributed by atoms with Gasteiger partial charge in [-0.2, -0.15) is 0 Å². The second-order valence-corrected chi connectivity index (χ2v) is 12.6. The summed E-state index contributed by atoms with van der Waals surface area (Å²) in [6, 6.07) is 22.6. The molecule has 0 atom stereocenters. The Morgan fingerprint density at radius 3 is 1.17 bits per heavy atom. The summed E-state index contributed by atoms with van der Waals surface area (Å²) in [5.41, 5.74) is 4.74. The van der Waals surface area contributed by atoms with Crippen LogP contribution in [-0.2, 0) is 18.9 Å². The van der Waals surface area contributed by atoms with Crippen LogP contribution < -0.4 is 29.6 Å². The Hall–Kier alpha value is -6.39. The highest BCUT2D eigenvalue weighted by Crippen LogP contribution is 2.36. The molecule has 0 aliphatic carbocycles. The number of benzene rings is 4. The number of aromatic nitrogens is 4.